The Hall–Kier alpha value is -3.87. The summed E-state index contributed by atoms with van der Waals surface area (Å²) in [5, 5.41) is 2.87. The minimum atomic E-state index is -0.264. The minimum absolute atomic E-state index is 0.264. The molecule has 1 amide bonds. The van der Waals surface area contributed by atoms with E-state index in [1.807, 2.05) is 12.1 Å². The lowest BCUT2D eigenvalue weighted by Gasteiger charge is -2.10. The number of rotatable bonds is 5. The van der Waals surface area contributed by atoms with Crippen LogP contribution in [0.3, 0.4) is 0 Å². The molecule has 1 N–H and O–H groups in total. The topological polar surface area (TPSA) is 86.5 Å². The van der Waals surface area contributed by atoms with Crippen molar-refractivity contribution in [1.29, 1.82) is 0 Å². The zero-order valence-electron chi connectivity index (χ0n) is 15.3. The van der Waals surface area contributed by atoms with Crippen molar-refractivity contribution in [3.63, 3.8) is 0 Å². The number of anilines is 1. The predicted molar refractivity (Wildman–Crippen MR) is 105 cm³/mol. The van der Waals surface area contributed by atoms with Gasteiger partial charge in [-0.15, -0.1) is 0 Å². The number of amides is 1. The molecule has 0 radical (unpaired) electrons. The first kappa shape index (κ1) is 17.5. The molecule has 0 saturated carbocycles. The molecule has 0 fully saturated rings. The first-order valence-electron chi connectivity index (χ1n) is 8.52. The molecule has 0 aliphatic rings. The molecular weight excluding hydrogens is 358 g/mol. The molecule has 0 unspecified atom stereocenters. The second-order valence-corrected chi connectivity index (χ2v) is 5.97. The Balaban J connectivity index is 1.59. The molecule has 7 heteroatoms. The molecule has 0 atom stereocenters. The fourth-order valence-electron chi connectivity index (χ4n) is 2.81. The first-order chi connectivity index (χ1) is 13.7. The third-order valence-electron chi connectivity index (χ3n) is 4.20. The van der Waals surface area contributed by atoms with E-state index in [0.717, 1.165) is 5.56 Å². The van der Waals surface area contributed by atoms with Crippen molar-refractivity contribution in [2.24, 2.45) is 0 Å². The third-order valence-corrected chi connectivity index (χ3v) is 4.20. The van der Waals surface area contributed by atoms with Crippen LogP contribution >= 0.6 is 0 Å². The second-order valence-electron chi connectivity index (χ2n) is 5.97. The van der Waals surface area contributed by atoms with Crippen LogP contribution in [0.1, 0.15) is 10.4 Å². The van der Waals surface area contributed by atoms with E-state index in [2.05, 4.69) is 15.3 Å². The van der Waals surface area contributed by atoms with Crippen molar-refractivity contribution in [3.05, 3.63) is 66.5 Å². The van der Waals surface area contributed by atoms with Crippen molar-refractivity contribution in [1.82, 2.24) is 9.97 Å². The van der Waals surface area contributed by atoms with E-state index < -0.39 is 0 Å². The van der Waals surface area contributed by atoms with Gasteiger partial charge in [0.05, 0.1) is 20.4 Å². The molecule has 28 heavy (non-hydrogen) atoms. The normalized spacial score (nSPS) is 10.6. The van der Waals surface area contributed by atoms with E-state index in [4.69, 9.17) is 13.9 Å². The van der Waals surface area contributed by atoms with Gasteiger partial charge in [-0.05, 0) is 36.4 Å². The van der Waals surface area contributed by atoms with E-state index in [0.29, 0.717) is 39.7 Å². The van der Waals surface area contributed by atoms with E-state index in [1.54, 1.807) is 55.9 Å². The summed E-state index contributed by atoms with van der Waals surface area (Å²) in [5.41, 5.74) is 3.16. The van der Waals surface area contributed by atoms with Gasteiger partial charge in [-0.3, -0.25) is 9.78 Å². The number of methoxy groups -OCH3 is 2. The maximum atomic E-state index is 12.6. The summed E-state index contributed by atoms with van der Waals surface area (Å²) in [6.07, 6.45) is 3.29. The van der Waals surface area contributed by atoms with Crippen molar-refractivity contribution in [3.8, 4) is 23.0 Å². The lowest BCUT2D eigenvalue weighted by Crippen LogP contribution is -2.12. The molecule has 0 aliphatic heterocycles. The monoisotopic (exact) mass is 375 g/mol. The van der Waals surface area contributed by atoms with Crippen LogP contribution in [-0.2, 0) is 0 Å². The van der Waals surface area contributed by atoms with Gasteiger partial charge >= 0.3 is 0 Å². The van der Waals surface area contributed by atoms with E-state index in [1.165, 1.54) is 7.11 Å². The maximum Gasteiger partial charge on any atom is 0.255 e. The Morgan fingerprint density at radius 1 is 1.04 bits per heavy atom. The molecule has 4 aromatic rings. The number of ether oxygens (including phenoxy) is 2. The van der Waals surface area contributed by atoms with Gasteiger partial charge in [0.15, 0.2) is 17.1 Å². The molecule has 0 saturated heterocycles. The molecule has 2 aromatic heterocycles. The summed E-state index contributed by atoms with van der Waals surface area (Å²) in [4.78, 5) is 21.1. The summed E-state index contributed by atoms with van der Waals surface area (Å²) in [6.45, 7) is 0. The van der Waals surface area contributed by atoms with Crippen LogP contribution in [0.4, 0.5) is 5.69 Å². The minimum Gasteiger partial charge on any atom is -0.493 e. The highest BCUT2D eigenvalue weighted by atomic mass is 16.5. The smallest absolute Gasteiger partial charge is 0.255 e. The first-order valence-corrected chi connectivity index (χ1v) is 8.52. The van der Waals surface area contributed by atoms with Crippen molar-refractivity contribution >= 4 is 22.7 Å². The Labute approximate surface area is 160 Å². The number of hydrogen-bond acceptors (Lipinski definition) is 6. The van der Waals surface area contributed by atoms with E-state index in [9.17, 15) is 4.79 Å². The van der Waals surface area contributed by atoms with Gasteiger partial charge < -0.3 is 19.2 Å². The van der Waals surface area contributed by atoms with Crippen molar-refractivity contribution in [2.45, 2.75) is 0 Å². The molecule has 0 bridgehead atoms. The van der Waals surface area contributed by atoms with Crippen molar-refractivity contribution < 1.29 is 18.7 Å². The quantitative estimate of drug-likeness (QED) is 0.564. The highest BCUT2D eigenvalue weighted by Gasteiger charge is 2.13. The number of aromatic nitrogens is 2. The van der Waals surface area contributed by atoms with Gasteiger partial charge in [0, 0.05) is 29.1 Å². The zero-order chi connectivity index (χ0) is 19.5. The Morgan fingerprint density at radius 3 is 2.68 bits per heavy atom. The lowest BCUT2D eigenvalue weighted by molar-refractivity contribution is 0.102. The number of oxazole rings is 1. The molecular formula is C21H17N3O4. The van der Waals surface area contributed by atoms with Crippen LogP contribution in [0, 0.1) is 0 Å². The maximum absolute atomic E-state index is 12.6. The van der Waals surface area contributed by atoms with E-state index >= 15 is 0 Å². The summed E-state index contributed by atoms with van der Waals surface area (Å²) < 4.78 is 16.2. The molecule has 0 spiro atoms. The Bertz CT molecular complexity index is 1120. The summed E-state index contributed by atoms with van der Waals surface area (Å²) >= 11 is 0. The van der Waals surface area contributed by atoms with Gasteiger partial charge in [0.1, 0.15) is 5.52 Å². The fourth-order valence-corrected chi connectivity index (χ4v) is 2.81. The van der Waals surface area contributed by atoms with Gasteiger partial charge in [-0.2, -0.15) is 0 Å². The zero-order valence-corrected chi connectivity index (χ0v) is 15.3. The summed E-state index contributed by atoms with van der Waals surface area (Å²) in [7, 11) is 3.07. The van der Waals surface area contributed by atoms with Gasteiger partial charge in [-0.25, -0.2) is 4.98 Å². The Kier molecular flexibility index (Phi) is 4.63. The number of carbonyl (C=O) groups is 1. The highest BCUT2D eigenvalue weighted by molar-refractivity contribution is 6.04. The molecule has 2 heterocycles. The van der Waals surface area contributed by atoms with Crippen LogP contribution in [0.15, 0.2) is 65.3 Å². The van der Waals surface area contributed by atoms with Crippen LogP contribution in [0.25, 0.3) is 22.6 Å². The molecule has 7 nitrogen and oxygen atoms in total. The van der Waals surface area contributed by atoms with E-state index in [-0.39, 0.29) is 5.91 Å². The van der Waals surface area contributed by atoms with Crippen LogP contribution < -0.4 is 14.8 Å². The van der Waals surface area contributed by atoms with Gasteiger partial charge in [0.25, 0.3) is 5.91 Å². The largest absolute Gasteiger partial charge is 0.493 e. The number of nitrogens with zero attached hydrogens (tertiary/aromatic N) is 2. The van der Waals surface area contributed by atoms with Crippen LogP contribution in [-0.4, -0.2) is 30.1 Å². The summed E-state index contributed by atoms with van der Waals surface area (Å²) in [6, 6.07) is 14.0. The Morgan fingerprint density at radius 2 is 1.89 bits per heavy atom. The van der Waals surface area contributed by atoms with Gasteiger partial charge in [0.2, 0.25) is 5.89 Å². The molecule has 140 valence electrons. The van der Waals surface area contributed by atoms with Crippen LogP contribution in [0.5, 0.6) is 11.5 Å². The molecule has 4 rings (SSSR count). The lowest BCUT2D eigenvalue weighted by atomic mass is 10.1. The highest BCUT2D eigenvalue weighted by Crippen LogP contribution is 2.29. The predicted octanol–water partition coefficient (Wildman–Crippen LogP) is 4.16. The number of fused-ring (bicyclic) bond motifs is 1. The standard InChI is InChI=1S/C21H17N3O4/c1-26-18-7-6-13(11-19(18)27-2)20(25)23-15-5-3-4-14(10-15)21-24-16-12-22-9-8-17(16)28-21/h3-12H,1-2H3,(H,23,25). The SMILES string of the molecule is COc1ccc(C(=O)Nc2cccc(-c3nc4cnccc4o3)c2)cc1OC. The average molecular weight is 375 g/mol. The number of benzene rings is 2. The third kappa shape index (κ3) is 3.37. The molecule has 0 aliphatic carbocycles. The molecule has 2 aromatic carbocycles. The van der Waals surface area contributed by atoms with Crippen molar-refractivity contribution in [2.75, 3.05) is 19.5 Å². The van der Waals surface area contributed by atoms with Gasteiger partial charge in [-0.1, -0.05) is 6.07 Å². The average Bonchev–Trinajstić information content (AvgIpc) is 3.17. The fraction of sp³-hybridized carbons (Fsp3) is 0.0952. The number of nitrogens with one attached hydrogen (secondary N) is 1. The summed E-state index contributed by atoms with van der Waals surface area (Å²) in [5.74, 6) is 1.25. The number of pyridine rings is 1. The number of carbonyl (C=O) groups excluding carboxylic acids is 1. The second kappa shape index (κ2) is 7.40. The number of hydrogen-bond donors (Lipinski definition) is 1. The van der Waals surface area contributed by atoms with Crippen LogP contribution in [0.2, 0.25) is 0 Å².